The Labute approximate surface area is 107 Å². The highest BCUT2D eigenvalue weighted by Gasteiger charge is 2.22. The average Bonchev–Trinajstić information content (AvgIpc) is 2.39. The number of nitrogens with two attached hydrogens (primary N) is 1. The fourth-order valence-corrected chi connectivity index (χ4v) is 2.47. The molecule has 1 fully saturated rings. The molecule has 0 saturated carbocycles. The Kier molecular flexibility index (Phi) is 3.89. The van der Waals surface area contributed by atoms with Crippen molar-refractivity contribution in [1.82, 2.24) is 9.97 Å². The molecule has 1 aromatic rings. The minimum atomic E-state index is 0.326. The zero-order valence-electron chi connectivity index (χ0n) is 10.1. The summed E-state index contributed by atoms with van der Waals surface area (Å²) < 4.78 is 0. The van der Waals surface area contributed by atoms with Gasteiger partial charge in [-0.05, 0) is 18.8 Å². The van der Waals surface area contributed by atoms with Crippen molar-refractivity contribution in [3.05, 3.63) is 18.1 Å². The monoisotopic (exact) mass is 250 g/mol. The summed E-state index contributed by atoms with van der Waals surface area (Å²) in [5.41, 5.74) is 6.34. The Balaban J connectivity index is 2.24. The van der Waals surface area contributed by atoms with Gasteiger partial charge in [0, 0.05) is 25.5 Å². The van der Waals surface area contributed by atoms with Crippen molar-refractivity contribution in [2.45, 2.75) is 26.2 Å². The van der Waals surface area contributed by atoms with E-state index < -0.39 is 0 Å². The van der Waals surface area contributed by atoms with Crippen LogP contribution in [0.1, 0.15) is 31.9 Å². The second kappa shape index (κ2) is 5.40. The molecule has 0 radical (unpaired) electrons. The second-order valence-electron chi connectivity index (χ2n) is 4.46. The number of piperidine rings is 1. The van der Waals surface area contributed by atoms with E-state index in [-0.39, 0.29) is 0 Å². The lowest BCUT2D eigenvalue weighted by molar-refractivity contribution is 0.402. The van der Waals surface area contributed by atoms with Gasteiger partial charge in [0.1, 0.15) is 10.7 Å². The molecule has 0 aromatic carbocycles. The highest BCUT2D eigenvalue weighted by atomic mass is 32.1. The summed E-state index contributed by atoms with van der Waals surface area (Å²) in [4.78, 5) is 11.2. The van der Waals surface area contributed by atoms with E-state index in [9.17, 15) is 0 Å². The van der Waals surface area contributed by atoms with E-state index in [4.69, 9.17) is 18.0 Å². The molecule has 0 bridgehead atoms. The third kappa shape index (κ3) is 2.72. The summed E-state index contributed by atoms with van der Waals surface area (Å²) in [5.74, 6) is 1.59. The Morgan fingerprint density at radius 2 is 2.29 bits per heavy atom. The molecule has 92 valence electrons. The lowest BCUT2D eigenvalue weighted by Crippen LogP contribution is -2.37. The van der Waals surface area contributed by atoms with E-state index in [1.54, 1.807) is 12.4 Å². The van der Waals surface area contributed by atoms with Crippen molar-refractivity contribution in [2.24, 2.45) is 11.7 Å². The van der Waals surface area contributed by atoms with Gasteiger partial charge in [0.25, 0.3) is 0 Å². The summed E-state index contributed by atoms with van der Waals surface area (Å²) >= 11 is 5.03. The number of nitrogens with zero attached hydrogens (tertiary/aromatic N) is 3. The van der Waals surface area contributed by atoms with Crippen molar-refractivity contribution in [3.63, 3.8) is 0 Å². The first-order valence-electron chi connectivity index (χ1n) is 6.08. The molecule has 2 rings (SSSR count). The zero-order chi connectivity index (χ0) is 12.3. The molecule has 1 aliphatic rings. The number of hydrogen-bond donors (Lipinski definition) is 1. The maximum atomic E-state index is 5.69. The van der Waals surface area contributed by atoms with Gasteiger partial charge < -0.3 is 10.6 Å². The van der Waals surface area contributed by atoms with Crippen LogP contribution in [-0.4, -0.2) is 28.0 Å². The van der Waals surface area contributed by atoms with Crippen LogP contribution in [-0.2, 0) is 0 Å². The topological polar surface area (TPSA) is 55.0 Å². The first-order valence-corrected chi connectivity index (χ1v) is 6.49. The molecule has 2 N–H and O–H groups in total. The summed E-state index contributed by atoms with van der Waals surface area (Å²) in [6, 6.07) is 0. The van der Waals surface area contributed by atoms with Gasteiger partial charge in [0.15, 0.2) is 5.82 Å². The molecule has 1 atom stereocenters. The molecular weight excluding hydrogens is 232 g/mol. The van der Waals surface area contributed by atoms with Crippen LogP contribution >= 0.6 is 12.2 Å². The van der Waals surface area contributed by atoms with Gasteiger partial charge in [-0.15, -0.1) is 0 Å². The summed E-state index contributed by atoms with van der Waals surface area (Å²) in [7, 11) is 0. The van der Waals surface area contributed by atoms with Gasteiger partial charge >= 0.3 is 0 Å². The number of aromatic nitrogens is 2. The molecule has 0 spiro atoms. The Morgan fingerprint density at radius 3 is 3.00 bits per heavy atom. The summed E-state index contributed by atoms with van der Waals surface area (Å²) in [6.45, 7) is 4.29. The van der Waals surface area contributed by atoms with E-state index in [0.717, 1.165) is 24.8 Å². The van der Waals surface area contributed by atoms with E-state index >= 15 is 0 Å². The number of thiocarbonyl (C=S) groups is 1. The standard InChI is InChI=1S/C12H18N4S/c1-2-9-4-3-7-16(8-9)12-10(11(13)17)14-5-6-15-12/h5-6,9H,2-4,7-8H2,1H3,(H2,13,17). The van der Waals surface area contributed by atoms with Gasteiger partial charge in [-0.2, -0.15) is 0 Å². The average molecular weight is 250 g/mol. The highest BCUT2D eigenvalue weighted by Crippen LogP contribution is 2.24. The predicted octanol–water partition coefficient (Wildman–Crippen LogP) is 1.74. The van der Waals surface area contributed by atoms with Crippen LogP contribution in [0, 0.1) is 5.92 Å². The molecule has 0 amide bonds. The van der Waals surface area contributed by atoms with Crippen molar-refractivity contribution >= 4 is 23.0 Å². The van der Waals surface area contributed by atoms with Crippen LogP contribution in [0.5, 0.6) is 0 Å². The van der Waals surface area contributed by atoms with Crippen LogP contribution in [0.2, 0.25) is 0 Å². The lowest BCUT2D eigenvalue weighted by Gasteiger charge is -2.33. The third-order valence-electron chi connectivity index (χ3n) is 3.31. The SMILES string of the molecule is CCC1CCCN(c2nccnc2C(N)=S)C1. The quantitative estimate of drug-likeness (QED) is 0.828. The lowest BCUT2D eigenvalue weighted by atomic mass is 9.95. The van der Waals surface area contributed by atoms with Gasteiger partial charge in [-0.3, -0.25) is 0 Å². The van der Waals surface area contributed by atoms with Crippen LogP contribution in [0.15, 0.2) is 12.4 Å². The molecule has 1 aromatic heterocycles. The first kappa shape index (κ1) is 12.2. The molecule has 2 heterocycles. The molecule has 1 aliphatic heterocycles. The van der Waals surface area contributed by atoms with Crippen molar-refractivity contribution in [1.29, 1.82) is 0 Å². The van der Waals surface area contributed by atoms with Gasteiger partial charge in [0.2, 0.25) is 0 Å². The van der Waals surface area contributed by atoms with E-state index in [1.807, 2.05) is 0 Å². The fourth-order valence-electron chi connectivity index (χ4n) is 2.33. The maximum Gasteiger partial charge on any atom is 0.157 e. The summed E-state index contributed by atoms with van der Waals surface area (Å²) in [6.07, 6.45) is 7.05. The van der Waals surface area contributed by atoms with Crippen molar-refractivity contribution in [2.75, 3.05) is 18.0 Å². The second-order valence-corrected chi connectivity index (χ2v) is 4.90. The molecule has 0 aliphatic carbocycles. The van der Waals surface area contributed by atoms with Gasteiger partial charge in [-0.25, -0.2) is 9.97 Å². The van der Waals surface area contributed by atoms with Gasteiger partial charge in [0.05, 0.1) is 0 Å². The highest BCUT2D eigenvalue weighted by molar-refractivity contribution is 7.80. The molecule has 4 nitrogen and oxygen atoms in total. The van der Waals surface area contributed by atoms with E-state index in [0.29, 0.717) is 10.7 Å². The smallest absolute Gasteiger partial charge is 0.157 e. The van der Waals surface area contributed by atoms with Crippen LogP contribution < -0.4 is 10.6 Å². The van der Waals surface area contributed by atoms with Gasteiger partial charge in [-0.1, -0.05) is 25.6 Å². The third-order valence-corrected chi connectivity index (χ3v) is 3.50. The minimum Gasteiger partial charge on any atom is -0.388 e. The maximum absolute atomic E-state index is 5.69. The molecule has 17 heavy (non-hydrogen) atoms. The van der Waals surface area contributed by atoms with Crippen molar-refractivity contribution in [3.8, 4) is 0 Å². The van der Waals surface area contributed by atoms with E-state index in [1.165, 1.54) is 19.3 Å². The first-order chi connectivity index (χ1) is 8.22. The molecule has 1 unspecified atom stereocenters. The van der Waals surface area contributed by atoms with Crippen LogP contribution in [0.25, 0.3) is 0 Å². The summed E-state index contributed by atoms with van der Waals surface area (Å²) in [5, 5.41) is 0. The van der Waals surface area contributed by atoms with E-state index in [2.05, 4.69) is 21.8 Å². The van der Waals surface area contributed by atoms with Crippen molar-refractivity contribution < 1.29 is 0 Å². The Morgan fingerprint density at radius 1 is 1.53 bits per heavy atom. The zero-order valence-corrected chi connectivity index (χ0v) is 10.9. The normalized spacial score (nSPS) is 20.3. The minimum absolute atomic E-state index is 0.326. The number of hydrogen-bond acceptors (Lipinski definition) is 4. The Hall–Kier alpha value is -1.23. The van der Waals surface area contributed by atoms with Crippen LogP contribution in [0.3, 0.4) is 0 Å². The molecule has 5 heteroatoms. The predicted molar refractivity (Wildman–Crippen MR) is 73.1 cm³/mol. The van der Waals surface area contributed by atoms with Crippen LogP contribution in [0.4, 0.5) is 5.82 Å². The molecule has 1 saturated heterocycles. The molecular formula is C12H18N4S. The largest absolute Gasteiger partial charge is 0.388 e. The Bertz CT molecular complexity index is 407. The number of anilines is 1. The number of rotatable bonds is 3. The fraction of sp³-hybridized carbons (Fsp3) is 0.583.